The second-order valence-electron chi connectivity index (χ2n) is 3.80. The van der Waals surface area contributed by atoms with E-state index in [4.69, 9.17) is 5.11 Å². The van der Waals surface area contributed by atoms with Gasteiger partial charge in [0.1, 0.15) is 5.82 Å². The van der Waals surface area contributed by atoms with E-state index in [-0.39, 0.29) is 12.2 Å². The number of aromatic amines is 1. The van der Waals surface area contributed by atoms with Gasteiger partial charge in [0, 0.05) is 17.0 Å². The highest BCUT2D eigenvalue weighted by molar-refractivity contribution is 5.67. The van der Waals surface area contributed by atoms with Crippen LogP contribution < -0.4 is 0 Å². The van der Waals surface area contributed by atoms with Crippen molar-refractivity contribution in [1.29, 1.82) is 0 Å². The molecule has 2 rings (SSSR count). The predicted molar refractivity (Wildman–Crippen MR) is 62.1 cm³/mol. The number of carboxylic acid groups (broad SMARTS) is 1. The van der Waals surface area contributed by atoms with Crippen molar-refractivity contribution in [2.45, 2.75) is 12.8 Å². The Bertz CT molecular complexity index is 534. The monoisotopic (exact) mass is 233 g/mol. The second-order valence-corrected chi connectivity index (χ2v) is 3.80. The zero-order valence-corrected chi connectivity index (χ0v) is 9.11. The van der Waals surface area contributed by atoms with Gasteiger partial charge in [0.15, 0.2) is 0 Å². The molecule has 3 nitrogen and oxygen atoms in total. The third-order valence-corrected chi connectivity index (χ3v) is 2.49. The molecule has 2 aromatic rings. The Morgan fingerprint density at radius 1 is 1.29 bits per heavy atom. The highest BCUT2D eigenvalue weighted by Crippen LogP contribution is 2.19. The summed E-state index contributed by atoms with van der Waals surface area (Å²) in [4.78, 5) is 13.5. The predicted octanol–water partition coefficient (Wildman–Crippen LogP) is 2.84. The smallest absolute Gasteiger partial charge is 0.303 e. The molecule has 1 heterocycles. The minimum atomic E-state index is -0.827. The van der Waals surface area contributed by atoms with Crippen molar-refractivity contribution in [2.24, 2.45) is 0 Å². The Labute approximate surface area is 97.9 Å². The number of hydrogen-bond donors (Lipinski definition) is 2. The third-order valence-electron chi connectivity index (χ3n) is 2.49. The van der Waals surface area contributed by atoms with Gasteiger partial charge in [0.05, 0.1) is 6.42 Å². The molecule has 0 bridgehead atoms. The molecule has 1 aromatic carbocycles. The fourth-order valence-corrected chi connectivity index (χ4v) is 1.65. The average Bonchev–Trinajstić information content (AvgIpc) is 2.75. The topological polar surface area (TPSA) is 53.1 Å². The number of aromatic nitrogens is 1. The standard InChI is InChI=1S/C13H12FNO2/c14-10-3-1-2-9(8-10)12-6-4-11(15-12)5-7-13(16)17/h1-4,6,8,15H,5,7H2,(H,16,17). The van der Waals surface area contributed by atoms with Crippen LogP contribution in [-0.4, -0.2) is 16.1 Å². The van der Waals surface area contributed by atoms with E-state index in [2.05, 4.69) is 4.98 Å². The van der Waals surface area contributed by atoms with E-state index in [0.717, 1.165) is 17.0 Å². The van der Waals surface area contributed by atoms with Gasteiger partial charge in [-0.1, -0.05) is 12.1 Å². The number of nitrogens with one attached hydrogen (secondary N) is 1. The summed E-state index contributed by atoms with van der Waals surface area (Å²) in [7, 11) is 0. The minimum Gasteiger partial charge on any atom is -0.481 e. The first-order valence-electron chi connectivity index (χ1n) is 5.31. The third kappa shape index (κ3) is 2.93. The SMILES string of the molecule is O=C(O)CCc1ccc(-c2cccc(F)c2)[nH]1. The normalized spacial score (nSPS) is 10.4. The van der Waals surface area contributed by atoms with Crippen LogP contribution in [0.25, 0.3) is 11.3 Å². The molecule has 0 aliphatic rings. The lowest BCUT2D eigenvalue weighted by Crippen LogP contribution is -1.97. The van der Waals surface area contributed by atoms with Gasteiger partial charge in [-0.15, -0.1) is 0 Å². The Kier molecular flexibility index (Phi) is 3.23. The molecule has 0 saturated carbocycles. The fraction of sp³-hybridized carbons (Fsp3) is 0.154. The maximum atomic E-state index is 13.0. The molecule has 1 aromatic heterocycles. The number of H-pyrrole nitrogens is 1. The van der Waals surface area contributed by atoms with Crippen LogP contribution >= 0.6 is 0 Å². The molecule has 0 aliphatic carbocycles. The van der Waals surface area contributed by atoms with Crippen LogP contribution in [0.3, 0.4) is 0 Å². The summed E-state index contributed by atoms with van der Waals surface area (Å²) in [6.07, 6.45) is 0.535. The Hall–Kier alpha value is -2.10. The van der Waals surface area contributed by atoms with Gasteiger partial charge in [-0.25, -0.2) is 4.39 Å². The summed E-state index contributed by atoms with van der Waals surface area (Å²) in [5.74, 6) is -1.11. The van der Waals surface area contributed by atoms with Gasteiger partial charge < -0.3 is 10.1 Å². The lowest BCUT2D eigenvalue weighted by Gasteiger charge is -1.98. The van der Waals surface area contributed by atoms with Gasteiger partial charge in [-0.2, -0.15) is 0 Å². The van der Waals surface area contributed by atoms with Crippen molar-refractivity contribution in [1.82, 2.24) is 4.98 Å². The second kappa shape index (κ2) is 4.82. The Balaban J connectivity index is 2.15. The number of benzene rings is 1. The zero-order valence-electron chi connectivity index (χ0n) is 9.11. The van der Waals surface area contributed by atoms with E-state index >= 15 is 0 Å². The summed E-state index contributed by atoms with van der Waals surface area (Å²) < 4.78 is 13.0. The molecule has 88 valence electrons. The van der Waals surface area contributed by atoms with Crippen molar-refractivity contribution in [3.05, 3.63) is 47.9 Å². The van der Waals surface area contributed by atoms with E-state index in [1.807, 2.05) is 12.1 Å². The molecule has 0 fully saturated rings. The minimum absolute atomic E-state index is 0.0864. The Morgan fingerprint density at radius 3 is 2.82 bits per heavy atom. The van der Waals surface area contributed by atoms with Gasteiger partial charge in [-0.3, -0.25) is 4.79 Å². The average molecular weight is 233 g/mol. The van der Waals surface area contributed by atoms with Crippen LogP contribution in [0.1, 0.15) is 12.1 Å². The van der Waals surface area contributed by atoms with Crippen molar-refractivity contribution in [2.75, 3.05) is 0 Å². The summed E-state index contributed by atoms with van der Waals surface area (Å²) in [6.45, 7) is 0. The van der Waals surface area contributed by atoms with Crippen LogP contribution in [-0.2, 0) is 11.2 Å². The van der Waals surface area contributed by atoms with Crippen molar-refractivity contribution < 1.29 is 14.3 Å². The molecule has 0 radical (unpaired) electrons. The van der Waals surface area contributed by atoms with Gasteiger partial charge in [-0.05, 0) is 30.7 Å². The van der Waals surface area contributed by atoms with Crippen LogP contribution in [0.5, 0.6) is 0 Å². The van der Waals surface area contributed by atoms with Crippen LogP contribution in [0, 0.1) is 5.82 Å². The summed E-state index contributed by atoms with van der Waals surface area (Å²) in [6, 6.07) is 9.91. The van der Waals surface area contributed by atoms with E-state index in [0.29, 0.717) is 6.42 Å². The van der Waals surface area contributed by atoms with Crippen molar-refractivity contribution >= 4 is 5.97 Å². The van der Waals surface area contributed by atoms with Gasteiger partial charge >= 0.3 is 5.97 Å². The van der Waals surface area contributed by atoms with Gasteiger partial charge in [0.2, 0.25) is 0 Å². The molecule has 0 saturated heterocycles. The molecule has 0 amide bonds. The molecular formula is C13H12FNO2. The van der Waals surface area contributed by atoms with Crippen LogP contribution in [0.2, 0.25) is 0 Å². The molecule has 2 N–H and O–H groups in total. The first-order valence-corrected chi connectivity index (χ1v) is 5.31. The fourth-order valence-electron chi connectivity index (χ4n) is 1.65. The molecular weight excluding hydrogens is 221 g/mol. The van der Waals surface area contributed by atoms with Crippen LogP contribution in [0.4, 0.5) is 4.39 Å². The molecule has 17 heavy (non-hydrogen) atoms. The molecule has 0 aliphatic heterocycles. The van der Waals surface area contributed by atoms with Crippen LogP contribution in [0.15, 0.2) is 36.4 Å². The van der Waals surface area contributed by atoms with Gasteiger partial charge in [0.25, 0.3) is 0 Å². The number of halogens is 1. The number of rotatable bonds is 4. The number of carbonyl (C=O) groups is 1. The lowest BCUT2D eigenvalue weighted by atomic mass is 10.1. The number of carboxylic acids is 1. The van der Waals surface area contributed by atoms with E-state index < -0.39 is 5.97 Å². The van der Waals surface area contributed by atoms with E-state index in [1.165, 1.54) is 12.1 Å². The highest BCUT2D eigenvalue weighted by Gasteiger charge is 2.04. The largest absolute Gasteiger partial charge is 0.481 e. The number of hydrogen-bond acceptors (Lipinski definition) is 1. The summed E-state index contributed by atoms with van der Waals surface area (Å²) in [5.41, 5.74) is 2.39. The molecule has 0 spiro atoms. The maximum absolute atomic E-state index is 13.0. The quantitative estimate of drug-likeness (QED) is 0.853. The maximum Gasteiger partial charge on any atom is 0.303 e. The zero-order chi connectivity index (χ0) is 12.3. The number of aryl methyl sites for hydroxylation is 1. The molecule has 4 heteroatoms. The van der Waals surface area contributed by atoms with Crippen molar-refractivity contribution in [3.63, 3.8) is 0 Å². The molecule has 0 unspecified atom stereocenters. The molecule has 0 atom stereocenters. The van der Waals surface area contributed by atoms with E-state index in [1.54, 1.807) is 12.1 Å². The Morgan fingerprint density at radius 2 is 2.12 bits per heavy atom. The summed E-state index contributed by atoms with van der Waals surface area (Å²) >= 11 is 0. The first-order chi connectivity index (χ1) is 8.15. The van der Waals surface area contributed by atoms with Crippen molar-refractivity contribution in [3.8, 4) is 11.3 Å². The lowest BCUT2D eigenvalue weighted by molar-refractivity contribution is -0.136. The number of aliphatic carboxylic acids is 1. The summed E-state index contributed by atoms with van der Waals surface area (Å²) in [5, 5.41) is 8.57. The van der Waals surface area contributed by atoms with E-state index in [9.17, 15) is 9.18 Å². The first kappa shape index (κ1) is 11.4. The highest BCUT2D eigenvalue weighted by atomic mass is 19.1.